The maximum Gasteiger partial charge on any atom is 0.152 e. The Labute approximate surface area is 83.7 Å². The monoisotopic (exact) mass is 239 g/mol. The van der Waals surface area contributed by atoms with E-state index in [1.54, 1.807) is 25.3 Å². The third kappa shape index (κ3) is 1.33. The van der Waals surface area contributed by atoms with Gasteiger partial charge < -0.3 is 0 Å². The minimum absolute atomic E-state index is 0.237. The molecule has 0 N–H and O–H groups in total. The lowest BCUT2D eigenvalue weighted by Gasteiger charge is -2.02. The van der Waals surface area contributed by atoms with Gasteiger partial charge in [-0.1, -0.05) is 28.1 Å². The maximum atomic E-state index is 13.5. The molecule has 0 atom stereocenters. The minimum atomic E-state index is -0.237. The largest absolute Gasteiger partial charge is 0.253 e. The molecule has 0 aliphatic heterocycles. The Morgan fingerprint density at radius 2 is 2.08 bits per heavy atom. The van der Waals surface area contributed by atoms with Gasteiger partial charge in [0, 0.05) is 16.1 Å². The SMILES string of the molecule is Cc1ccc2c(Br)ccnc2c1F. The molecule has 1 aromatic heterocycles. The number of rotatable bonds is 0. The lowest BCUT2D eigenvalue weighted by atomic mass is 10.1. The molecule has 13 heavy (non-hydrogen) atoms. The number of benzene rings is 1. The summed E-state index contributed by atoms with van der Waals surface area (Å²) < 4.78 is 14.4. The molecule has 0 aliphatic carbocycles. The van der Waals surface area contributed by atoms with Gasteiger partial charge in [0.25, 0.3) is 0 Å². The van der Waals surface area contributed by atoms with Crippen molar-refractivity contribution < 1.29 is 4.39 Å². The summed E-state index contributed by atoms with van der Waals surface area (Å²) in [7, 11) is 0. The molecular formula is C10H7BrFN. The van der Waals surface area contributed by atoms with Crippen molar-refractivity contribution in [2.24, 2.45) is 0 Å². The molecule has 0 saturated heterocycles. The minimum Gasteiger partial charge on any atom is -0.253 e. The van der Waals surface area contributed by atoms with E-state index in [0.717, 1.165) is 9.86 Å². The predicted molar refractivity (Wildman–Crippen MR) is 54.1 cm³/mol. The van der Waals surface area contributed by atoms with Gasteiger partial charge in [-0.15, -0.1) is 0 Å². The first-order chi connectivity index (χ1) is 6.20. The smallest absolute Gasteiger partial charge is 0.152 e. The van der Waals surface area contributed by atoms with Gasteiger partial charge in [0.1, 0.15) is 5.52 Å². The van der Waals surface area contributed by atoms with Crippen molar-refractivity contribution in [2.75, 3.05) is 0 Å². The normalized spacial score (nSPS) is 10.7. The molecule has 1 nitrogen and oxygen atoms in total. The van der Waals surface area contributed by atoms with E-state index in [0.29, 0.717) is 11.1 Å². The molecule has 2 aromatic rings. The Balaban J connectivity index is 2.94. The lowest BCUT2D eigenvalue weighted by Crippen LogP contribution is -1.88. The average Bonchev–Trinajstić information content (AvgIpc) is 2.12. The third-order valence-corrected chi connectivity index (χ3v) is 2.68. The van der Waals surface area contributed by atoms with E-state index in [2.05, 4.69) is 20.9 Å². The van der Waals surface area contributed by atoms with Crippen LogP contribution in [0.2, 0.25) is 0 Å². The second-order valence-corrected chi connectivity index (χ2v) is 3.74. The number of nitrogens with zero attached hydrogens (tertiary/aromatic N) is 1. The van der Waals surface area contributed by atoms with Crippen molar-refractivity contribution in [2.45, 2.75) is 6.92 Å². The number of hydrogen-bond donors (Lipinski definition) is 0. The number of aryl methyl sites for hydroxylation is 1. The van der Waals surface area contributed by atoms with E-state index in [-0.39, 0.29) is 5.82 Å². The van der Waals surface area contributed by atoms with Crippen LogP contribution in [0.1, 0.15) is 5.56 Å². The summed E-state index contributed by atoms with van der Waals surface area (Å²) in [6, 6.07) is 5.42. The van der Waals surface area contributed by atoms with Crippen molar-refractivity contribution in [3.8, 4) is 0 Å². The van der Waals surface area contributed by atoms with Crippen molar-refractivity contribution in [3.05, 3.63) is 40.2 Å². The molecular weight excluding hydrogens is 233 g/mol. The molecule has 0 amide bonds. The molecule has 66 valence electrons. The Bertz CT molecular complexity index is 468. The lowest BCUT2D eigenvalue weighted by molar-refractivity contribution is 0.627. The fourth-order valence-corrected chi connectivity index (χ4v) is 1.69. The summed E-state index contributed by atoms with van der Waals surface area (Å²) >= 11 is 3.35. The molecule has 0 radical (unpaired) electrons. The second-order valence-electron chi connectivity index (χ2n) is 2.89. The van der Waals surface area contributed by atoms with Gasteiger partial charge in [-0.05, 0) is 18.6 Å². The third-order valence-electron chi connectivity index (χ3n) is 1.99. The van der Waals surface area contributed by atoms with E-state index in [4.69, 9.17) is 0 Å². The van der Waals surface area contributed by atoms with E-state index < -0.39 is 0 Å². The summed E-state index contributed by atoms with van der Waals surface area (Å²) in [5.74, 6) is -0.237. The Morgan fingerprint density at radius 3 is 2.85 bits per heavy atom. The average molecular weight is 240 g/mol. The highest BCUT2D eigenvalue weighted by Gasteiger charge is 2.06. The maximum absolute atomic E-state index is 13.5. The van der Waals surface area contributed by atoms with E-state index in [9.17, 15) is 4.39 Å². The zero-order valence-corrected chi connectivity index (χ0v) is 8.60. The Hall–Kier alpha value is -0.960. The van der Waals surface area contributed by atoms with Crippen LogP contribution in [-0.2, 0) is 0 Å². The van der Waals surface area contributed by atoms with E-state index in [1.807, 2.05) is 6.07 Å². The summed E-state index contributed by atoms with van der Waals surface area (Å²) in [6.07, 6.45) is 1.59. The topological polar surface area (TPSA) is 12.9 Å². The summed E-state index contributed by atoms with van der Waals surface area (Å²) in [5.41, 5.74) is 1.05. The molecule has 0 spiro atoms. The predicted octanol–water partition coefficient (Wildman–Crippen LogP) is 3.44. The highest BCUT2D eigenvalue weighted by molar-refractivity contribution is 9.10. The first-order valence-corrected chi connectivity index (χ1v) is 4.69. The quantitative estimate of drug-likeness (QED) is 0.687. The van der Waals surface area contributed by atoms with Crippen LogP contribution in [0.5, 0.6) is 0 Å². The van der Waals surface area contributed by atoms with Crippen LogP contribution in [0.3, 0.4) is 0 Å². The fourth-order valence-electron chi connectivity index (χ4n) is 1.25. The molecule has 0 unspecified atom stereocenters. The van der Waals surface area contributed by atoms with Crippen LogP contribution < -0.4 is 0 Å². The van der Waals surface area contributed by atoms with Crippen molar-refractivity contribution in [1.29, 1.82) is 0 Å². The number of fused-ring (bicyclic) bond motifs is 1. The van der Waals surface area contributed by atoms with Gasteiger partial charge in [0.05, 0.1) is 0 Å². The number of aromatic nitrogens is 1. The molecule has 0 aliphatic rings. The molecule has 2 rings (SSSR count). The Kier molecular flexibility index (Phi) is 2.04. The number of hydrogen-bond acceptors (Lipinski definition) is 1. The highest BCUT2D eigenvalue weighted by atomic mass is 79.9. The van der Waals surface area contributed by atoms with E-state index >= 15 is 0 Å². The molecule has 0 bridgehead atoms. The van der Waals surface area contributed by atoms with Crippen molar-refractivity contribution in [3.63, 3.8) is 0 Å². The van der Waals surface area contributed by atoms with Gasteiger partial charge in [0.15, 0.2) is 5.82 Å². The standard InChI is InChI=1S/C10H7BrFN/c1-6-2-3-7-8(11)4-5-13-10(7)9(6)12/h2-5H,1H3. The van der Waals surface area contributed by atoms with Gasteiger partial charge in [-0.3, -0.25) is 4.98 Å². The Morgan fingerprint density at radius 1 is 1.31 bits per heavy atom. The van der Waals surface area contributed by atoms with Gasteiger partial charge in [0.2, 0.25) is 0 Å². The molecule has 0 fully saturated rings. The van der Waals surface area contributed by atoms with Crippen LogP contribution in [0.25, 0.3) is 10.9 Å². The molecule has 0 saturated carbocycles. The van der Waals surface area contributed by atoms with Gasteiger partial charge >= 0.3 is 0 Å². The van der Waals surface area contributed by atoms with Crippen LogP contribution in [0, 0.1) is 12.7 Å². The van der Waals surface area contributed by atoms with Crippen molar-refractivity contribution in [1.82, 2.24) is 4.98 Å². The first kappa shape index (κ1) is 8.63. The molecule has 1 heterocycles. The number of pyridine rings is 1. The van der Waals surface area contributed by atoms with Crippen LogP contribution in [0.15, 0.2) is 28.9 Å². The molecule has 1 aromatic carbocycles. The zero-order chi connectivity index (χ0) is 9.42. The van der Waals surface area contributed by atoms with Crippen LogP contribution >= 0.6 is 15.9 Å². The highest BCUT2D eigenvalue weighted by Crippen LogP contribution is 2.25. The van der Waals surface area contributed by atoms with Crippen LogP contribution in [0.4, 0.5) is 4.39 Å². The summed E-state index contributed by atoms with van der Waals surface area (Å²) in [4.78, 5) is 4.00. The summed E-state index contributed by atoms with van der Waals surface area (Å²) in [6.45, 7) is 1.73. The molecule has 3 heteroatoms. The van der Waals surface area contributed by atoms with E-state index in [1.165, 1.54) is 0 Å². The van der Waals surface area contributed by atoms with Crippen LogP contribution in [-0.4, -0.2) is 4.98 Å². The first-order valence-electron chi connectivity index (χ1n) is 3.89. The summed E-state index contributed by atoms with van der Waals surface area (Å²) in [5, 5.41) is 0.811. The second kappa shape index (κ2) is 3.07. The zero-order valence-electron chi connectivity index (χ0n) is 7.01. The van der Waals surface area contributed by atoms with Gasteiger partial charge in [-0.25, -0.2) is 4.39 Å². The van der Waals surface area contributed by atoms with Crippen molar-refractivity contribution >= 4 is 26.8 Å². The number of halogens is 2. The fraction of sp³-hybridized carbons (Fsp3) is 0.100. The van der Waals surface area contributed by atoms with Gasteiger partial charge in [-0.2, -0.15) is 0 Å².